The molecule has 30 heavy (non-hydrogen) atoms. The molecule has 0 spiro atoms. The van der Waals surface area contributed by atoms with Gasteiger partial charge in [-0.15, -0.1) is 11.3 Å². The average Bonchev–Trinajstić information content (AvgIpc) is 3.35. The van der Waals surface area contributed by atoms with Gasteiger partial charge in [-0.1, -0.05) is 0 Å². The third-order valence-electron chi connectivity index (χ3n) is 4.30. The molecular formula is C19H14N4O5S2. The van der Waals surface area contributed by atoms with Gasteiger partial charge in [-0.25, -0.2) is 18.9 Å². The number of hydroxylamine groups is 1. The molecule has 1 aliphatic heterocycles. The molecule has 9 nitrogen and oxygen atoms in total. The highest BCUT2D eigenvalue weighted by atomic mass is 32.2. The van der Waals surface area contributed by atoms with Crippen molar-refractivity contribution in [3.05, 3.63) is 70.2 Å². The fourth-order valence-electron chi connectivity index (χ4n) is 2.88. The second-order valence-electron chi connectivity index (χ2n) is 6.21. The molecule has 1 aromatic heterocycles. The highest BCUT2D eigenvalue weighted by Crippen LogP contribution is 2.35. The molecule has 0 saturated carbocycles. The minimum Gasteiger partial charge on any atom is -0.321 e. The topological polar surface area (TPSA) is 137 Å². The summed E-state index contributed by atoms with van der Waals surface area (Å²) in [6, 6.07) is 9.86. The first kappa shape index (κ1) is 19.8. The van der Waals surface area contributed by atoms with E-state index in [2.05, 4.69) is 15.0 Å². The molecule has 1 aliphatic rings. The number of sulfonamides is 1. The summed E-state index contributed by atoms with van der Waals surface area (Å²) in [5.74, 6) is -1.04. The van der Waals surface area contributed by atoms with E-state index in [0.717, 1.165) is 0 Å². The van der Waals surface area contributed by atoms with Crippen LogP contribution in [0.2, 0.25) is 0 Å². The number of nitrogens with one attached hydrogen (secondary N) is 3. The zero-order chi connectivity index (χ0) is 21.3. The van der Waals surface area contributed by atoms with Crippen molar-refractivity contribution in [1.29, 1.82) is 0 Å². The number of amides is 2. The highest BCUT2D eigenvalue weighted by Gasteiger charge is 2.27. The van der Waals surface area contributed by atoms with Crippen LogP contribution in [0.5, 0.6) is 0 Å². The van der Waals surface area contributed by atoms with Gasteiger partial charge < -0.3 is 5.32 Å². The summed E-state index contributed by atoms with van der Waals surface area (Å²) < 4.78 is 28.1. The lowest BCUT2D eigenvalue weighted by atomic mass is 10.1. The van der Waals surface area contributed by atoms with Crippen LogP contribution in [0.1, 0.15) is 20.9 Å². The van der Waals surface area contributed by atoms with Crippen molar-refractivity contribution in [3.8, 4) is 0 Å². The number of hydrogen-bond donors (Lipinski definition) is 4. The maximum absolute atomic E-state index is 12.8. The molecule has 152 valence electrons. The molecule has 0 bridgehead atoms. The van der Waals surface area contributed by atoms with Gasteiger partial charge in [0.1, 0.15) is 5.01 Å². The number of aromatic nitrogens is 1. The zero-order valence-corrected chi connectivity index (χ0v) is 16.8. The van der Waals surface area contributed by atoms with Gasteiger partial charge >= 0.3 is 0 Å². The average molecular weight is 442 g/mol. The highest BCUT2D eigenvalue weighted by molar-refractivity contribution is 7.92. The van der Waals surface area contributed by atoms with Gasteiger partial charge in [0, 0.05) is 34.1 Å². The fraction of sp³-hybridized carbons (Fsp3) is 0. The quantitative estimate of drug-likeness (QED) is 0.272. The van der Waals surface area contributed by atoms with Gasteiger partial charge in [0.05, 0.1) is 10.5 Å². The van der Waals surface area contributed by atoms with E-state index >= 15 is 0 Å². The summed E-state index contributed by atoms with van der Waals surface area (Å²) in [4.78, 5) is 27.8. The summed E-state index contributed by atoms with van der Waals surface area (Å²) in [6.45, 7) is 0. The molecule has 3 aromatic rings. The van der Waals surface area contributed by atoms with Gasteiger partial charge in [-0.2, -0.15) is 0 Å². The Morgan fingerprint density at radius 3 is 2.60 bits per heavy atom. The number of hydrogen-bond acceptors (Lipinski definition) is 7. The normalized spacial score (nSPS) is 14.3. The Morgan fingerprint density at radius 1 is 1.17 bits per heavy atom. The number of thiazole rings is 1. The lowest BCUT2D eigenvalue weighted by Gasteiger charge is -2.10. The summed E-state index contributed by atoms with van der Waals surface area (Å²) in [7, 11) is -3.96. The molecule has 0 unspecified atom stereocenters. The summed E-state index contributed by atoms with van der Waals surface area (Å²) >= 11 is 1.36. The SMILES string of the molecule is O=C1Nc2ccc(S(=O)(=O)Nc3ccc(C(=O)NO)cc3)cc2/C1=C\c1nccs1. The van der Waals surface area contributed by atoms with Gasteiger partial charge in [0.2, 0.25) is 0 Å². The molecule has 0 saturated heterocycles. The number of carbonyl (C=O) groups excluding carboxylic acids is 2. The van der Waals surface area contributed by atoms with Crippen molar-refractivity contribution < 1.29 is 23.2 Å². The van der Waals surface area contributed by atoms with E-state index in [1.54, 1.807) is 17.7 Å². The number of fused-ring (bicyclic) bond motifs is 1. The first-order chi connectivity index (χ1) is 14.4. The summed E-state index contributed by atoms with van der Waals surface area (Å²) in [5.41, 5.74) is 3.21. The molecule has 2 amide bonds. The van der Waals surface area contributed by atoms with Crippen LogP contribution in [-0.4, -0.2) is 30.4 Å². The van der Waals surface area contributed by atoms with Crippen molar-refractivity contribution >= 4 is 56.2 Å². The maximum atomic E-state index is 12.8. The van der Waals surface area contributed by atoms with Crippen LogP contribution in [0, 0.1) is 0 Å². The number of nitrogens with zero attached hydrogens (tertiary/aromatic N) is 1. The third kappa shape index (κ3) is 3.81. The first-order valence-electron chi connectivity index (χ1n) is 8.52. The maximum Gasteiger partial charge on any atom is 0.274 e. The number of benzene rings is 2. The van der Waals surface area contributed by atoms with Crippen molar-refractivity contribution in [2.24, 2.45) is 0 Å². The molecule has 0 atom stereocenters. The van der Waals surface area contributed by atoms with E-state index in [1.165, 1.54) is 59.3 Å². The Bertz CT molecular complexity index is 1270. The second-order valence-corrected chi connectivity index (χ2v) is 8.82. The summed E-state index contributed by atoms with van der Waals surface area (Å²) in [5, 5.41) is 13.8. The van der Waals surface area contributed by atoms with Gasteiger partial charge in [0.25, 0.3) is 21.8 Å². The lowest BCUT2D eigenvalue weighted by Crippen LogP contribution is -2.18. The van der Waals surface area contributed by atoms with Gasteiger partial charge in [-0.05, 0) is 48.5 Å². The molecule has 4 rings (SSSR count). The van der Waals surface area contributed by atoms with Crippen molar-refractivity contribution in [3.63, 3.8) is 0 Å². The van der Waals surface area contributed by atoms with E-state index in [4.69, 9.17) is 5.21 Å². The first-order valence-corrected chi connectivity index (χ1v) is 10.9. The molecule has 0 radical (unpaired) electrons. The number of anilines is 2. The van der Waals surface area contributed by atoms with Gasteiger partial charge in [-0.3, -0.25) is 19.5 Å². The standard InChI is InChI=1S/C19H14N4O5S2/c24-18(22-26)11-1-3-12(4-2-11)23-30(27,28)13-5-6-16-14(9-13)15(19(25)21-16)10-17-20-7-8-29-17/h1-10,23,26H,(H,21,25)(H,22,24)/b15-10+. The monoisotopic (exact) mass is 442 g/mol. The van der Waals surface area contributed by atoms with Crippen molar-refractivity contribution in [1.82, 2.24) is 10.5 Å². The Kier molecular flexibility index (Phi) is 5.08. The minimum atomic E-state index is -3.96. The fourth-order valence-corrected chi connectivity index (χ4v) is 4.53. The number of rotatable bonds is 5. The molecule has 0 fully saturated rings. The van der Waals surface area contributed by atoms with Crippen LogP contribution in [0.3, 0.4) is 0 Å². The van der Waals surface area contributed by atoms with Crippen molar-refractivity contribution in [2.45, 2.75) is 4.90 Å². The summed E-state index contributed by atoms with van der Waals surface area (Å²) in [6.07, 6.45) is 3.23. The Morgan fingerprint density at radius 2 is 1.93 bits per heavy atom. The molecule has 0 aliphatic carbocycles. The van der Waals surface area contributed by atoms with Crippen LogP contribution >= 0.6 is 11.3 Å². The molecule has 4 N–H and O–H groups in total. The van der Waals surface area contributed by atoms with E-state index in [1.807, 2.05) is 0 Å². The third-order valence-corrected chi connectivity index (χ3v) is 6.41. The molecule has 2 heterocycles. The smallest absolute Gasteiger partial charge is 0.274 e. The molecule has 11 heteroatoms. The van der Waals surface area contributed by atoms with E-state index in [9.17, 15) is 18.0 Å². The Labute approximate surface area is 175 Å². The van der Waals surface area contributed by atoms with Crippen LogP contribution in [-0.2, 0) is 14.8 Å². The lowest BCUT2D eigenvalue weighted by molar-refractivity contribution is -0.110. The Hall–Kier alpha value is -3.54. The van der Waals surface area contributed by atoms with Crippen LogP contribution < -0.4 is 15.5 Å². The zero-order valence-electron chi connectivity index (χ0n) is 15.1. The van der Waals surface area contributed by atoms with E-state index in [0.29, 0.717) is 21.8 Å². The van der Waals surface area contributed by atoms with Crippen molar-refractivity contribution in [2.75, 3.05) is 10.0 Å². The van der Waals surface area contributed by atoms with E-state index in [-0.39, 0.29) is 22.1 Å². The van der Waals surface area contributed by atoms with Gasteiger partial charge in [0.15, 0.2) is 0 Å². The largest absolute Gasteiger partial charge is 0.321 e. The van der Waals surface area contributed by atoms with Crippen LogP contribution in [0.25, 0.3) is 11.6 Å². The predicted octanol–water partition coefficient (Wildman–Crippen LogP) is 2.56. The molecule has 2 aromatic carbocycles. The van der Waals surface area contributed by atoms with Crippen LogP contribution in [0.4, 0.5) is 11.4 Å². The van der Waals surface area contributed by atoms with E-state index < -0.39 is 15.9 Å². The predicted molar refractivity (Wildman–Crippen MR) is 112 cm³/mol. The second kappa shape index (κ2) is 7.71. The molecular weight excluding hydrogens is 428 g/mol. The van der Waals surface area contributed by atoms with Crippen LogP contribution in [0.15, 0.2) is 58.9 Å². The minimum absolute atomic E-state index is 0.0278. The number of carbonyl (C=O) groups is 2. The Balaban J connectivity index is 1.64.